The summed E-state index contributed by atoms with van der Waals surface area (Å²) in [7, 11) is -2.46. The maximum absolute atomic E-state index is 13.0. The maximum atomic E-state index is 13.0. The van der Waals surface area contributed by atoms with E-state index < -0.39 is 10.0 Å². The molecule has 2 heterocycles. The van der Waals surface area contributed by atoms with Crippen LogP contribution in [0.5, 0.6) is 11.5 Å². The lowest BCUT2D eigenvalue weighted by Gasteiger charge is -2.11. The van der Waals surface area contributed by atoms with Crippen molar-refractivity contribution in [2.24, 2.45) is 0 Å². The Morgan fingerprint density at radius 1 is 1.15 bits per heavy atom. The number of aromatic amines is 1. The number of nitrogens with zero attached hydrogens (tertiary/aromatic N) is 2. The van der Waals surface area contributed by atoms with E-state index in [9.17, 15) is 8.42 Å². The van der Waals surface area contributed by atoms with Crippen molar-refractivity contribution in [2.45, 2.75) is 31.6 Å². The van der Waals surface area contributed by atoms with Gasteiger partial charge in [-0.05, 0) is 31.0 Å². The van der Waals surface area contributed by atoms with Crippen LogP contribution in [-0.2, 0) is 10.0 Å². The summed E-state index contributed by atoms with van der Waals surface area (Å²) in [5.74, 6) is 1.68. The van der Waals surface area contributed by atoms with Gasteiger partial charge in [0.25, 0.3) is 10.0 Å². The Hall–Kier alpha value is -3.73. The van der Waals surface area contributed by atoms with Gasteiger partial charge in [0.05, 0.1) is 24.8 Å². The number of aromatic nitrogens is 3. The van der Waals surface area contributed by atoms with Gasteiger partial charge in [-0.3, -0.25) is 9.82 Å². The number of benzene rings is 2. The molecule has 33 heavy (non-hydrogen) atoms. The molecule has 0 saturated carbocycles. The van der Waals surface area contributed by atoms with Crippen LogP contribution >= 0.6 is 0 Å². The van der Waals surface area contributed by atoms with Crippen molar-refractivity contribution in [3.05, 3.63) is 48.2 Å². The van der Waals surface area contributed by atoms with Crippen molar-refractivity contribution in [1.82, 2.24) is 15.4 Å². The topological polar surface area (TPSA) is 131 Å². The van der Waals surface area contributed by atoms with Crippen molar-refractivity contribution in [3.8, 4) is 11.5 Å². The molecule has 0 aliphatic rings. The van der Waals surface area contributed by atoms with Crippen LogP contribution in [0.4, 0.5) is 17.3 Å². The summed E-state index contributed by atoms with van der Waals surface area (Å²) in [5.41, 5.74) is 1.95. The van der Waals surface area contributed by atoms with Crippen molar-refractivity contribution in [3.63, 3.8) is 0 Å². The predicted octanol–water partition coefficient (Wildman–Crippen LogP) is 4.63. The molecule has 2 aromatic carbocycles. The third-order valence-corrected chi connectivity index (χ3v) is 6.32. The second kappa shape index (κ2) is 9.02. The molecule has 3 N–H and O–H groups in total. The summed E-state index contributed by atoms with van der Waals surface area (Å²) in [4.78, 5) is 0.00717. The number of fused-ring (bicyclic) bond motifs is 1. The van der Waals surface area contributed by atoms with E-state index in [0.717, 1.165) is 5.69 Å². The van der Waals surface area contributed by atoms with Crippen LogP contribution in [0.1, 0.15) is 32.4 Å². The van der Waals surface area contributed by atoms with Crippen LogP contribution in [0.25, 0.3) is 11.0 Å². The van der Waals surface area contributed by atoms with Gasteiger partial charge in [-0.25, -0.2) is 8.42 Å². The maximum Gasteiger partial charge on any atom is 0.266 e. The fraction of sp³-hybridized carbons (Fsp3) is 0.273. The molecule has 2 aromatic heterocycles. The molecule has 0 unspecified atom stereocenters. The van der Waals surface area contributed by atoms with Crippen molar-refractivity contribution >= 4 is 38.3 Å². The van der Waals surface area contributed by atoms with Gasteiger partial charge < -0.3 is 19.3 Å². The molecule has 11 heteroatoms. The summed E-state index contributed by atoms with van der Waals surface area (Å²) in [6, 6.07) is 11.6. The fourth-order valence-electron chi connectivity index (χ4n) is 3.27. The van der Waals surface area contributed by atoms with E-state index in [4.69, 9.17) is 14.0 Å². The zero-order chi connectivity index (χ0) is 23.6. The smallest absolute Gasteiger partial charge is 0.266 e. The van der Waals surface area contributed by atoms with Crippen LogP contribution < -0.4 is 19.5 Å². The number of methoxy groups -OCH3 is 1. The Bertz CT molecular complexity index is 1380. The fourth-order valence-corrected chi connectivity index (χ4v) is 4.43. The van der Waals surface area contributed by atoms with Gasteiger partial charge in [-0.2, -0.15) is 5.10 Å². The number of nitrogens with one attached hydrogen (secondary N) is 3. The lowest BCUT2D eigenvalue weighted by atomic mass is 10.1. The summed E-state index contributed by atoms with van der Waals surface area (Å²) < 4.78 is 44.9. The molecule has 0 bridgehead atoms. The number of H-pyrrole nitrogens is 1. The minimum absolute atomic E-state index is 0.00717. The third-order valence-electron chi connectivity index (χ3n) is 4.94. The van der Waals surface area contributed by atoms with Gasteiger partial charge in [0.2, 0.25) is 0 Å². The normalized spacial score (nSPS) is 11.7. The first-order valence-electron chi connectivity index (χ1n) is 10.4. The number of para-hydroxylation sites is 1. The lowest BCUT2D eigenvalue weighted by molar-refractivity contribution is 0.331. The lowest BCUT2D eigenvalue weighted by Crippen LogP contribution is -2.14. The number of hydrogen-bond donors (Lipinski definition) is 3. The van der Waals surface area contributed by atoms with Gasteiger partial charge in [-0.1, -0.05) is 31.1 Å². The SMILES string of the molecule is CCOc1ccccc1S(=O)(=O)Nc1noc2cc(Nc3cc(C(C)C)[nH]n3)c(OC)cc12. The van der Waals surface area contributed by atoms with E-state index in [1.54, 1.807) is 37.3 Å². The Kier molecular flexibility index (Phi) is 6.14. The average molecular weight is 472 g/mol. The minimum Gasteiger partial charge on any atom is -0.495 e. The molecule has 0 spiro atoms. The first-order valence-corrected chi connectivity index (χ1v) is 11.8. The molecular formula is C22H25N5O5S. The number of rotatable bonds is 9. The van der Waals surface area contributed by atoms with Crippen molar-refractivity contribution in [1.29, 1.82) is 0 Å². The number of hydrogen-bond acceptors (Lipinski definition) is 8. The number of sulfonamides is 1. The molecule has 0 amide bonds. The molecule has 174 valence electrons. The Labute approximate surface area is 191 Å². The predicted molar refractivity (Wildman–Crippen MR) is 125 cm³/mol. The van der Waals surface area contributed by atoms with Crippen LogP contribution in [0, 0.1) is 0 Å². The highest BCUT2D eigenvalue weighted by atomic mass is 32.2. The van der Waals surface area contributed by atoms with Gasteiger partial charge in [-0.15, -0.1) is 0 Å². The monoisotopic (exact) mass is 471 g/mol. The average Bonchev–Trinajstić information content (AvgIpc) is 3.41. The number of anilines is 3. The molecule has 0 aliphatic heterocycles. The van der Waals surface area contributed by atoms with E-state index in [1.165, 1.54) is 13.2 Å². The number of ether oxygens (including phenoxy) is 2. The van der Waals surface area contributed by atoms with Crippen LogP contribution in [0.15, 0.2) is 51.9 Å². The molecule has 0 aliphatic carbocycles. The Morgan fingerprint density at radius 3 is 2.64 bits per heavy atom. The molecule has 4 rings (SSSR count). The summed E-state index contributed by atoms with van der Waals surface area (Å²) >= 11 is 0. The van der Waals surface area contributed by atoms with Gasteiger partial charge >= 0.3 is 0 Å². The molecule has 10 nitrogen and oxygen atoms in total. The van der Waals surface area contributed by atoms with E-state index >= 15 is 0 Å². The highest BCUT2D eigenvalue weighted by Gasteiger charge is 2.23. The molecule has 0 saturated heterocycles. The minimum atomic E-state index is -3.98. The van der Waals surface area contributed by atoms with Crippen LogP contribution in [0.2, 0.25) is 0 Å². The van der Waals surface area contributed by atoms with Crippen molar-refractivity contribution < 1.29 is 22.4 Å². The zero-order valence-electron chi connectivity index (χ0n) is 18.7. The first-order chi connectivity index (χ1) is 15.8. The van der Waals surface area contributed by atoms with E-state index in [1.807, 2.05) is 6.07 Å². The highest BCUT2D eigenvalue weighted by molar-refractivity contribution is 7.92. The second-order valence-electron chi connectivity index (χ2n) is 7.55. The molecule has 0 atom stereocenters. The van der Waals surface area contributed by atoms with Gasteiger partial charge in [0.1, 0.15) is 16.4 Å². The van der Waals surface area contributed by atoms with Gasteiger partial charge in [0, 0.05) is 17.8 Å². The third kappa shape index (κ3) is 4.58. The Balaban J connectivity index is 1.66. The quantitative estimate of drug-likeness (QED) is 0.322. The second-order valence-corrected chi connectivity index (χ2v) is 9.20. The highest BCUT2D eigenvalue weighted by Crippen LogP contribution is 2.36. The van der Waals surface area contributed by atoms with Gasteiger partial charge in [0.15, 0.2) is 17.2 Å². The summed E-state index contributed by atoms with van der Waals surface area (Å²) in [6.07, 6.45) is 0. The van der Waals surface area contributed by atoms with Crippen LogP contribution in [0.3, 0.4) is 0 Å². The van der Waals surface area contributed by atoms with Crippen molar-refractivity contribution in [2.75, 3.05) is 23.8 Å². The van der Waals surface area contributed by atoms with Crippen LogP contribution in [-0.4, -0.2) is 37.5 Å². The molecular weight excluding hydrogens is 446 g/mol. The first kappa shape index (κ1) is 22.5. The summed E-state index contributed by atoms with van der Waals surface area (Å²) in [6.45, 7) is 6.25. The summed E-state index contributed by atoms with van der Waals surface area (Å²) in [5, 5.41) is 14.8. The molecule has 0 radical (unpaired) electrons. The largest absolute Gasteiger partial charge is 0.495 e. The Morgan fingerprint density at radius 2 is 1.94 bits per heavy atom. The van der Waals surface area contributed by atoms with E-state index in [0.29, 0.717) is 40.7 Å². The zero-order valence-corrected chi connectivity index (χ0v) is 19.5. The molecule has 0 fully saturated rings. The van der Waals surface area contributed by atoms with E-state index in [2.05, 4.69) is 39.2 Å². The standard InChI is InChI=1S/C22H25N5O5S/c1-5-31-17-8-6-7-9-20(17)33(28,29)27-22-14-10-19(30-4)16(11-18(14)32-26-22)23-21-12-15(13(2)3)24-25-21/h6-13H,5H2,1-4H3,(H,26,27)(H2,23,24,25). The molecule has 4 aromatic rings. The van der Waals surface area contributed by atoms with E-state index in [-0.39, 0.29) is 16.5 Å².